The molecule has 17 heavy (non-hydrogen) atoms. The van der Waals surface area contributed by atoms with Crippen LogP contribution in [-0.2, 0) is 11.2 Å². The molecular weight excluding hydrogens is 287 g/mol. The smallest absolute Gasteiger partial charge is 0.127 e. The molecule has 2 atom stereocenters. The van der Waals surface area contributed by atoms with E-state index in [1.165, 1.54) is 6.07 Å². The zero-order valence-electron chi connectivity index (χ0n) is 10.1. The monoisotopic (exact) mass is 304 g/mol. The van der Waals surface area contributed by atoms with Crippen LogP contribution in [0, 0.1) is 5.82 Å². The molecule has 1 N–H and O–H groups in total. The van der Waals surface area contributed by atoms with Gasteiger partial charge in [-0.25, -0.2) is 4.39 Å². The Labute approximate surface area is 110 Å². The molecule has 0 bridgehead atoms. The topological polar surface area (TPSA) is 29.5 Å². The van der Waals surface area contributed by atoms with E-state index >= 15 is 0 Å². The lowest BCUT2D eigenvalue weighted by Crippen LogP contribution is -2.30. The number of hydrogen-bond acceptors (Lipinski definition) is 2. The van der Waals surface area contributed by atoms with E-state index in [1.807, 2.05) is 6.92 Å². The van der Waals surface area contributed by atoms with Gasteiger partial charge in [0.05, 0.1) is 12.2 Å². The molecule has 2 unspecified atom stereocenters. The number of aliphatic hydroxyl groups excluding tert-OH is 1. The van der Waals surface area contributed by atoms with E-state index in [-0.39, 0.29) is 18.3 Å². The van der Waals surface area contributed by atoms with Gasteiger partial charge in [0.2, 0.25) is 0 Å². The Morgan fingerprint density at radius 1 is 1.47 bits per heavy atom. The largest absolute Gasteiger partial charge is 0.390 e. The van der Waals surface area contributed by atoms with Crippen LogP contribution in [0.3, 0.4) is 0 Å². The fraction of sp³-hybridized carbons (Fsp3) is 0.538. The van der Waals surface area contributed by atoms with Crippen LogP contribution in [0.1, 0.15) is 25.3 Å². The summed E-state index contributed by atoms with van der Waals surface area (Å²) in [6.45, 7) is 2.03. The molecule has 0 radical (unpaired) electrons. The van der Waals surface area contributed by atoms with Crippen molar-refractivity contribution in [2.24, 2.45) is 0 Å². The Morgan fingerprint density at radius 3 is 2.71 bits per heavy atom. The summed E-state index contributed by atoms with van der Waals surface area (Å²) in [7, 11) is 1.57. The van der Waals surface area contributed by atoms with E-state index < -0.39 is 6.10 Å². The Balaban J connectivity index is 2.69. The van der Waals surface area contributed by atoms with E-state index in [9.17, 15) is 9.50 Å². The predicted molar refractivity (Wildman–Crippen MR) is 69.5 cm³/mol. The highest BCUT2D eigenvalue weighted by Crippen LogP contribution is 2.18. The number of benzene rings is 1. The lowest BCUT2D eigenvalue weighted by atomic mass is 10.0. The molecule has 4 heteroatoms. The number of methoxy groups -OCH3 is 1. The average molecular weight is 305 g/mol. The summed E-state index contributed by atoms with van der Waals surface area (Å²) >= 11 is 3.20. The zero-order valence-corrected chi connectivity index (χ0v) is 11.7. The molecule has 0 aliphatic carbocycles. The van der Waals surface area contributed by atoms with Crippen LogP contribution in [0.4, 0.5) is 4.39 Å². The van der Waals surface area contributed by atoms with Crippen molar-refractivity contribution in [3.8, 4) is 0 Å². The lowest BCUT2D eigenvalue weighted by Gasteiger charge is -2.21. The summed E-state index contributed by atoms with van der Waals surface area (Å²) < 4.78 is 19.5. The SMILES string of the molecule is CCCC(OC)C(O)Cc1ccc(Br)cc1F. The Kier molecular flexibility index (Phi) is 6.09. The highest BCUT2D eigenvalue weighted by molar-refractivity contribution is 9.10. The van der Waals surface area contributed by atoms with Crippen molar-refractivity contribution in [3.05, 3.63) is 34.1 Å². The van der Waals surface area contributed by atoms with Crippen LogP contribution in [-0.4, -0.2) is 24.4 Å². The fourth-order valence-corrected chi connectivity index (χ4v) is 2.13. The first-order valence-electron chi connectivity index (χ1n) is 5.73. The second kappa shape index (κ2) is 7.09. The van der Waals surface area contributed by atoms with E-state index in [4.69, 9.17) is 4.74 Å². The Hall–Kier alpha value is -0.450. The van der Waals surface area contributed by atoms with Crippen molar-refractivity contribution in [1.82, 2.24) is 0 Å². The summed E-state index contributed by atoms with van der Waals surface area (Å²) in [6.07, 6.45) is 1.07. The number of halogens is 2. The number of aliphatic hydroxyl groups is 1. The van der Waals surface area contributed by atoms with Crippen LogP contribution in [0.25, 0.3) is 0 Å². The van der Waals surface area contributed by atoms with Gasteiger partial charge in [-0.2, -0.15) is 0 Å². The average Bonchev–Trinajstić information content (AvgIpc) is 2.29. The number of hydrogen-bond donors (Lipinski definition) is 1. The van der Waals surface area contributed by atoms with Gasteiger partial charge in [0.15, 0.2) is 0 Å². The summed E-state index contributed by atoms with van der Waals surface area (Å²) in [6, 6.07) is 4.86. The van der Waals surface area contributed by atoms with E-state index in [0.717, 1.165) is 12.8 Å². The van der Waals surface area contributed by atoms with Gasteiger partial charge in [0, 0.05) is 18.0 Å². The molecule has 0 saturated carbocycles. The zero-order chi connectivity index (χ0) is 12.8. The van der Waals surface area contributed by atoms with Gasteiger partial charge in [0.25, 0.3) is 0 Å². The minimum Gasteiger partial charge on any atom is -0.390 e. The van der Waals surface area contributed by atoms with E-state index in [0.29, 0.717) is 10.0 Å². The van der Waals surface area contributed by atoms with Crippen molar-refractivity contribution in [2.75, 3.05) is 7.11 Å². The molecule has 0 fully saturated rings. The van der Waals surface area contributed by atoms with Crippen molar-refractivity contribution in [3.63, 3.8) is 0 Å². The summed E-state index contributed by atoms with van der Waals surface area (Å²) in [5, 5.41) is 9.98. The second-order valence-electron chi connectivity index (χ2n) is 4.07. The molecular formula is C13H18BrFO2. The number of rotatable bonds is 6. The standard InChI is InChI=1S/C13H18BrFO2/c1-3-4-13(17-2)12(16)7-9-5-6-10(14)8-11(9)15/h5-6,8,12-13,16H,3-4,7H2,1-2H3. The van der Waals surface area contributed by atoms with Crippen molar-refractivity contribution < 1.29 is 14.2 Å². The fourth-order valence-electron chi connectivity index (χ4n) is 1.80. The van der Waals surface area contributed by atoms with Crippen LogP contribution in [0.15, 0.2) is 22.7 Å². The maximum Gasteiger partial charge on any atom is 0.127 e. The lowest BCUT2D eigenvalue weighted by molar-refractivity contribution is -0.0162. The molecule has 0 aliphatic heterocycles. The molecule has 1 aromatic carbocycles. The molecule has 0 aliphatic rings. The first-order chi connectivity index (χ1) is 8.08. The van der Waals surface area contributed by atoms with Gasteiger partial charge in [-0.05, 0) is 24.1 Å². The molecule has 1 aromatic rings. The van der Waals surface area contributed by atoms with E-state index in [1.54, 1.807) is 19.2 Å². The minimum atomic E-state index is -0.671. The predicted octanol–water partition coefficient (Wildman–Crippen LogP) is 3.31. The highest BCUT2D eigenvalue weighted by atomic mass is 79.9. The van der Waals surface area contributed by atoms with Crippen molar-refractivity contribution in [1.29, 1.82) is 0 Å². The van der Waals surface area contributed by atoms with Gasteiger partial charge in [-0.1, -0.05) is 35.3 Å². The van der Waals surface area contributed by atoms with Gasteiger partial charge < -0.3 is 9.84 Å². The quantitative estimate of drug-likeness (QED) is 0.874. The molecule has 2 nitrogen and oxygen atoms in total. The third-order valence-corrected chi connectivity index (χ3v) is 3.24. The van der Waals surface area contributed by atoms with Gasteiger partial charge in [-0.3, -0.25) is 0 Å². The number of ether oxygens (including phenoxy) is 1. The second-order valence-corrected chi connectivity index (χ2v) is 4.99. The maximum absolute atomic E-state index is 13.6. The molecule has 96 valence electrons. The highest BCUT2D eigenvalue weighted by Gasteiger charge is 2.19. The summed E-state index contributed by atoms with van der Waals surface area (Å²) in [5.74, 6) is -0.301. The molecule has 0 saturated heterocycles. The Bertz CT molecular complexity index is 357. The first kappa shape index (κ1) is 14.6. The first-order valence-corrected chi connectivity index (χ1v) is 6.52. The summed E-state index contributed by atoms with van der Waals surface area (Å²) in [5.41, 5.74) is 0.513. The molecule has 1 rings (SSSR count). The van der Waals surface area contributed by atoms with E-state index in [2.05, 4.69) is 15.9 Å². The third-order valence-electron chi connectivity index (χ3n) is 2.75. The molecule has 0 aromatic heterocycles. The maximum atomic E-state index is 13.6. The van der Waals surface area contributed by atoms with Gasteiger partial charge >= 0.3 is 0 Å². The molecule has 0 amide bonds. The Morgan fingerprint density at radius 2 is 2.18 bits per heavy atom. The normalized spacial score (nSPS) is 14.6. The van der Waals surface area contributed by atoms with Gasteiger partial charge in [-0.15, -0.1) is 0 Å². The minimum absolute atomic E-state index is 0.233. The van der Waals surface area contributed by atoms with Gasteiger partial charge in [0.1, 0.15) is 5.82 Å². The summed E-state index contributed by atoms with van der Waals surface area (Å²) in [4.78, 5) is 0. The van der Waals surface area contributed by atoms with Crippen molar-refractivity contribution >= 4 is 15.9 Å². The van der Waals surface area contributed by atoms with Crippen LogP contribution >= 0.6 is 15.9 Å². The van der Waals surface area contributed by atoms with Crippen LogP contribution < -0.4 is 0 Å². The van der Waals surface area contributed by atoms with Crippen molar-refractivity contribution in [2.45, 2.75) is 38.4 Å². The molecule has 0 spiro atoms. The third kappa shape index (κ3) is 4.37. The van der Waals surface area contributed by atoms with Crippen LogP contribution in [0.5, 0.6) is 0 Å². The van der Waals surface area contributed by atoms with Crippen LogP contribution in [0.2, 0.25) is 0 Å². The molecule has 0 heterocycles.